The molecule has 0 radical (unpaired) electrons. The Bertz CT molecular complexity index is 182. The minimum absolute atomic E-state index is 0.530. The second-order valence-electron chi connectivity index (χ2n) is 4.76. The Labute approximate surface area is 97.9 Å². The fraction of sp³-hybridized carbons (Fsp3) is 1.00. The van der Waals surface area contributed by atoms with Gasteiger partial charge in [0, 0.05) is 25.1 Å². The van der Waals surface area contributed by atoms with Crippen LogP contribution in [0.25, 0.3) is 0 Å². The van der Waals surface area contributed by atoms with Crippen molar-refractivity contribution in [3.8, 4) is 0 Å². The molecule has 2 atom stereocenters. The molecule has 2 heterocycles. The summed E-state index contributed by atoms with van der Waals surface area (Å²) in [5.41, 5.74) is 0. The predicted molar refractivity (Wildman–Crippen MR) is 63.5 cm³/mol. The Morgan fingerprint density at radius 2 is 2.13 bits per heavy atom. The number of piperidine rings is 1. The van der Waals surface area contributed by atoms with Crippen LogP contribution in [0.15, 0.2) is 0 Å². The molecule has 0 aliphatic carbocycles. The highest BCUT2D eigenvalue weighted by Crippen LogP contribution is 2.21. The van der Waals surface area contributed by atoms with Crippen LogP contribution in [0.2, 0.25) is 0 Å². The fourth-order valence-corrected chi connectivity index (χ4v) is 3.06. The Kier molecular flexibility index (Phi) is 4.73. The first-order chi connectivity index (χ1) is 7.40. The SMILES string of the molecule is ClCC1CCCCN1CCC1CCCO1. The van der Waals surface area contributed by atoms with Gasteiger partial charge in [0.05, 0.1) is 6.10 Å². The molecule has 3 heteroatoms. The maximum absolute atomic E-state index is 6.00. The number of halogens is 1. The molecule has 2 aliphatic heterocycles. The minimum atomic E-state index is 0.530. The van der Waals surface area contributed by atoms with E-state index >= 15 is 0 Å². The predicted octanol–water partition coefficient (Wildman–Crippen LogP) is 2.65. The molecule has 0 spiro atoms. The van der Waals surface area contributed by atoms with Gasteiger partial charge in [-0.05, 0) is 38.6 Å². The first kappa shape index (κ1) is 11.7. The van der Waals surface area contributed by atoms with E-state index in [1.165, 1.54) is 51.6 Å². The zero-order valence-electron chi connectivity index (χ0n) is 9.46. The Morgan fingerprint density at radius 1 is 1.20 bits per heavy atom. The van der Waals surface area contributed by atoms with Gasteiger partial charge in [-0.2, -0.15) is 0 Å². The Morgan fingerprint density at radius 3 is 2.87 bits per heavy atom. The van der Waals surface area contributed by atoms with Gasteiger partial charge in [-0.3, -0.25) is 4.90 Å². The molecule has 0 amide bonds. The highest BCUT2D eigenvalue weighted by Gasteiger charge is 2.23. The maximum atomic E-state index is 6.00. The van der Waals surface area contributed by atoms with Gasteiger partial charge in [0.25, 0.3) is 0 Å². The van der Waals surface area contributed by atoms with Crippen molar-refractivity contribution in [3.63, 3.8) is 0 Å². The van der Waals surface area contributed by atoms with Gasteiger partial charge < -0.3 is 4.74 Å². The summed E-state index contributed by atoms with van der Waals surface area (Å²) in [5.74, 6) is 0.797. The van der Waals surface area contributed by atoms with E-state index < -0.39 is 0 Å². The second-order valence-corrected chi connectivity index (χ2v) is 5.07. The topological polar surface area (TPSA) is 12.5 Å². The molecule has 0 saturated carbocycles. The van der Waals surface area contributed by atoms with Gasteiger partial charge in [-0.25, -0.2) is 0 Å². The lowest BCUT2D eigenvalue weighted by molar-refractivity contribution is 0.0789. The zero-order valence-corrected chi connectivity index (χ0v) is 10.2. The van der Waals surface area contributed by atoms with Gasteiger partial charge in [-0.15, -0.1) is 11.6 Å². The zero-order chi connectivity index (χ0) is 10.5. The molecule has 2 rings (SSSR count). The first-order valence-corrected chi connectivity index (χ1v) is 6.85. The lowest BCUT2D eigenvalue weighted by Crippen LogP contribution is -2.42. The lowest BCUT2D eigenvalue weighted by atomic mass is 10.0. The fourth-order valence-electron chi connectivity index (χ4n) is 2.71. The van der Waals surface area contributed by atoms with Gasteiger partial charge in [0.2, 0.25) is 0 Å². The van der Waals surface area contributed by atoms with Crippen LogP contribution in [0, 0.1) is 0 Å². The molecule has 2 unspecified atom stereocenters. The molecule has 88 valence electrons. The number of nitrogens with zero attached hydrogens (tertiary/aromatic N) is 1. The van der Waals surface area contributed by atoms with Crippen LogP contribution in [-0.4, -0.2) is 42.6 Å². The normalized spacial score (nSPS) is 33.4. The summed E-state index contributed by atoms with van der Waals surface area (Å²) in [6, 6.07) is 0.627. The third kappa shape index (κ3) is 3.33. The van der Waals surface area contributed by atoms with Crippen molar-refractivity contribution in [3.05, 3.63) is 0 Å². The average Bonchev–Trinajstić information content (AvgIpc) is 2.79. The monoisotopic (exact) mass is 231 g/mol. The van der Waals surface area contributed by atoms with Crippen LogP contribution < -0.4 is 0 Å². The second kappa shape index (κ2) is 6.07. The van der Waals surface area contributed by atoms with Gasteiger partial charge in [0.15, 0.2) is 0 Å². The van der Waals surface area contributed by atoms with E-state index in [-0.39, 0.29) is 0 Å². The van der Waals surface area contributed by atoms with Crippen molar-refractivity contribution < 1.29 is 4.74 Å². The highest BCUT2D eigenvalue weighted by molar-refractivity contribution is 6.18. The minimum Gasteiger partial charge on any atom is -0.378 e. The van der Waals surface area contributed by atoms with Crippen LogP contribution in [0.3, 0.4) is 0 Å². The number of hydrogen-bond donors (Lipinski definition) is 0. The van der Waals surface area contributed by atoms with E-state index in [0.717, 1.165) is 12.5 Å². The first-order valence-electron chi connectivity index (χ1n) is 6.32. The number of ether oxygens (including phenoxy) is 1. The molecule has 0 bridgehead atoms. The van der Waals surface area contributed by atoms with E-state index in [2.05, 4.69) is 4.90 Å². The summed E-state index contributed by atoms with van der Waals surface area (Å²) in [6.07, 6.45) is 8.24. The summed E-state index contributed by atoms with van der Waals surface area (Å²) in [6.45, 7) is 3.40. The van der Waals surface area contributed by atoms with E-state index in [1.807, 2.05) is 0 Å². The molecule has 2 nitrogen and oxygen atoms in total. The Hall–Kier alpha value is 0.210. The third-order valence-corrected chi connectivity index (χ3v) is 4.05. The van der Waals surface area contributed by atoms with Crippen molar-refractivity contribution in [1.82, 2.24) is 4.90 Å². The van der Waals surface area contributed by atoms with E-state index in [1.54, 1.807) is 0 Å². The van der Waals surface area contributed by atoms with Crippen LogP contribution in [-0.2, 0) is 4.74 Å². The van der Waals surface area contributed by atoms with Crippen LogP contribution >= 0.6 is 11.6 Å². The highest BCUT2D eigenvalue weighted by atomic mass is 35.5. The summed E-state index contributed by atoms with van der Waals surface area (Å²) >= 11 is 6.00. The van der Waals surface area contributed by atoms with Crippen molar-refractivity contribution in [1.29, 1.82) is 0 Å². The molecule has 2 fully saturated rings. The summed E-state index contributed by atoms with van der Waals surface area (Å²) in [5, 5.41) is 0. The maximum Gasteiger partial charge on any atom is 0.0588 e. The molecule has 0 N–H and O–H groups in total. The summed E-state index contributed by atoms with van der Waals surface area (Å²) in [7, 11) is 0. The largest absolute Gasteiger partial charge is 0.378 e. The van der Waals surface area contributed by atoms with E-state index in [4.69, 9.17) is 16.3 Å². The number of likely N-dealkylation sites (tertiary alicyclic amines) is 1. The molecule has 0 aromatic rings. The molecule has 0 aromatic heterocycles. The molecular weight excluding hydrogens is 210 g/mol. The molecule has 2 aliphatic rings. The number of alkyl halides is 1. The van der Waals surface area contributed by atoms with Gasteiger partial charge in [0.1, 0.15) is 0 Å². The third-order valence-electron chi connectivity index (χ3n) is 3.69. The van der Waals surface area contributed by atoms with E-state index in [0.29, 0.717) is 12.1 Å². The molecule has 0 aromatic carbocycles. The van der Waals surface area contributed by atoms with Crippen LogP contribution in [0.4, 0.5) is 0 Å². The van der Waals surface area contributed by atoms with Gasteiger partial charge in [-0.1, -0.05) is 6.42 Å². The molecule has 15 heavy (non-hydrogen) atoms. The Balaban J connectivity index is 1.71. The van der Waals surface area contributed by atoms with Crippen molar-refractivity contribution >= 4 is 11.6 Å². The van der Waals surface area contributed by atoms with Crippen molar-refractivity contribution in [2.24, 2.45) is 0 Å². The average molecular weight is 232 g/mol. The van der Waals surface area contributed by atoms with Crippen LogP contribution in [0.1, 0.15) is 38.5 Å². The molecular formula is C12H22ClNO. The van der Waals surface area contributed by atoms with E-state index in [9.17, 15) is 0 Å². The molecule has 2 saturated heterocycles. The standard InChI is InChI=1S/C12H22ClNO/c13-10-11-4-1-2-7-14(11)8-6-12-5-3-9-15-12/h11-12H,1-10H2. The van der Waals surface area contributed by atoms with Crippen molar-refractivity contribution in [2.75, 3.05) is 25.6 Å². The van der Waals surface area contributed by atoms with Crippen molar-refractivity contribution in [2.45, 2.75) is 50.7 Å². The summed E-state index contributed by atoms with van der Waals surface area (Å²) < 4.78 is 5.65. The lowest BCUT2D eigenvalue weighted by Gasteiger charge is -2.35. The number of hydrogen-bond acceptors (Lipinski definition) is 2. The van der Waals surface area contributed by atoms with Gasteiger partial charge >= 0.3 is 0 Å². The smallest absolute Gasteiger partial charge is 0.0588 e. The quantitative estimate of drug-likeness (QED) is 0.690. The van der Waals surface area contributed by atoms with Crippen LogP contribution in [0.5, 0.6) is 0 Å². The number of rotatable bonds is 4. The summed E-state index contributed by atoms with van der Waals surface area (Å²) in [4.78, 5) is 2.57.